The van der Waals surface area contributed by atoms with Crippen molar-refractivity contribution < 1.29 is 27.5 Å². The molecule has 0 radical (unpaired) electrons. The number of benzene rings is 1. The highest BCUT2D eigenvalue weighted by molar-refractivity contribution is 5.94. The van der Waals surface area contributed by atoms with Crippen molar-refractivity contribution in [2.45, 2.75) is 45.0 Å². The van der Waals surface area contributed by atoms with Gasteiger partial charge in [-0.3, -0.25) is 9.59 Å². The number of aromatic nitrogens is 2. The Morgan fingerprint density at radius 1 is 1.12 bits per heavy atom. The summed E-state index contributed by atoms with van der Waals surface area (Å²) >= 11 is 0. The predicted octanol–water partition coefficient (Wildman–Crippen LogP) is 3.52. The highest BCUT2D eigenvalue weighted by Gasteiger charge is 2.32. The molecule has 2 aliphatic rings. The summed E-state index contributed by atoms with van der Waals surface area (Å²) in [5.74, 6) is -0.0930. The van der Waals surface area contributed by atoms with Gasteiger partial charge in [0.15, 0.2) is 0 Å². The molecular weight excluding hydrogens is 439 g/mol. The summed E-state index contributed by atoms with van der Waals surface area (Å²) < 4.78 is 42.1. The number of halogens is 3. The van der Waals surface area contributed by atoms with Crippen LogP contribution in [0, 0.1) is 0 Å². The Balaban J connectivity index is 1.39. The number of ether oxygens (including phenoxy) is 1. The third kappa shape index (κ3) is 6.11. The second kappa shape index (κ2) is 9.24. The molecule has 33 heavy (non-hydrogen) atoms. The molecule has 2 aromatic rings. The third-order valence-electron chi connectivity index (χ3n) is 5.55. The topological polar surface area (TPSA) is 87.7 Å². The third-order valence-corrected chi connectivity index (χ3v) is 5.55. The molecule has 0 bridgehead atoms. The van der Waals surface area contributed by atoms with E-state index in [4.69, 9.17) is 0 Å². The lowest BCUT2D eigenvalue weighted by Crippen LogP contribution is -2.49. The fraction of sp³-hybridized carbons (Fsp3) is 0.455. The lowest BCUT2D eigenvalue weighted by molar-refractivity contribution is -0.274. The number of rotatable bonds is 6. The Bertz CT molecular complexity index is 1020. The molecule has 1 aromatic heterocycles. The minimum absolute atomic E-state index is 0.0853. The molecule has 8 nitrogen and oxygen atoms in total. The zero-order valence-electron chi connectivity index (χ0n) is 18.1. The molecule has 0 atom stereocenters. The average Bonchev–Trinajstić information content (AvgIpc) is 3.62. The molecule has 2 heterocycles. The highest BCUT2D eigenvalue weighted by atomic mass is 19.4. The Labute approximate surface area is 188 Å². The Morgan fingerprint density at radius 3 is 2.45 bits per heavy atom. The number of nitrogens with one attached hydrogen (secondary N) is 1. The van der Waals surface area contributed by atoms with Crippen molar-refractivity contribution in [1.82, 2.24) is 19.8 Å². The van der Waals surface area contributed by atoms with Crippen LogP contribution >= 0.6 is 0 Å². The number of alkyl halides is 3. The van der Waals surface area contributed by atoms with Crippen molar-refractivity contribution in [3.63, 3.8) is 0 Å². The number of nitrogens with zero attached hydrogens (tertiary/aromatic N) is 4. The lowest BCUT2D eigenvalue weighted by atomic mass is 10.1. The van der Waals surface area contributed by atoms with E-state index in [9.17, 15) is 22.8 Å². The Morgan fingerprint density at radius 2 is 1.82 bits per heavy atom. The molecule has 0 unspecified atom stereocenters. The standard InChI is InChI=1S/C22H24F3N5O3/c1-14(31)29-5-2-6-30(13-29)20(32)18-11-27-21(28-12-18)26-10-15-7-17(16-3-4-16)9-19(8-15)33-22(23,24)25/h7-9,11-12,16H,2-6,10,13H2,1H3,(H,26,27,28). The maximum Gasteiger partial charge on any atom is 0.573 e. The lowest BCUT2D eigenvalue weighted by Gasteiger charge is -2.35. The van der Waals surface area contributed by atoms with Crippen LogP contribution in [0.5, 0.6) is 5.75 Å². The van der Waals surface area contributed by atoms with Gasteiger partial charge in [-0.1, -0.05) is 6.07 Å². The first-order chi connectivity index (χ1) is 15.7. The normalized spacial score (nSPS) is 16.5. The molecule has 1 aliphatic carbocycles. The Kier molecular flexibility index (Phi) is 6.39. The van der Waals surface area contributed by atoms with Gasteiger partial charge in [0.1, 0.15) is 5.75 Å². The first kappa shape index (κ1) is 22.8. The largest absolute Gasteiger partial charge is 0.573 e. The van der Waals surface area contributed by atoms with Gasteiger partial charge in [-0.2, -0.15) is 0 Å². The van der Waals surface area contributed by atoms with Gasteiger partial charge in [-0.05, 0) is 48.4 Å². The van der Waals surface area contributed by atoms with Crippen LogP contribution in [-0.2, 0) is 11.3 Å². The van der Waals surface area contributed by atoms with Crippen LogP contribution in [0.25, 0.3) is 0 Å². The van der Waals surface area contributed by atoms with Gasteiger partial charge in [0.05, 0.1) is 12.2 Å². The predicted molar refractivity (Wildman–Crippen MR) is 112 cm³/mol. The van der Waals surface area contributed by atoms with Crippen LogP contribution in [0.2, 0.25) is 0 Å². The van der Waals surface area contributed by atoms with Crippen LogP contribution in [0.4, 0.5) is 19.1 Å². The summed E-state index contributed by atoms with van der Waals surface area (Å²) in [6, 6.07) is 4.61. The first-order valence-electron chi connectivity index (χ1n) is 10.7. The van der Waals surface area contributed by atoms with Crippen LogP contribution < -0.4 is 10.1 Å². The second-order valence-electron chi connectivity index (χ2n) is 8.23. The summed E-state index contributed by atoms with van der Waals surface area (Å²) in [6.07, 6.45) is 0.622. The van der Waals surface area contributed by atoms with Gasteiger partial charge >= 0.3 is 6.36 Å². The van der Waals surface area contributed by atoms with E-state index in [0.29, 0.717) is 30.6 Å². The van der Waals surface area contributed by atoms with E-state index < -0.39 is 6.36 Å². The van der Waals surface area contributed by atoms with E-state index in [0.717, 1.165) is 18.4 Å². The van der Waals surface area contributed by atoms with E-state index in [1.165, 1.54) is 31.5 Å². The van der Waals surface area contributed by atoms with Gasteiger partial charge in [-0.15, -0.1) is 13.2 Å². The molecular formula is C22H24F3N5O3. The number of amides is 2. The van der Waals surface area contributed by atoms with Gasteiger partial charge in [-0.25, -0.2) is 9.97 Å². The van der Waals surface area contributed by atoms with E-state index >= 15 is 0 Å². The zero-order valence-corrected chi connectivity index (χ0v) is 18.1. The fourth-order valence-electron chi connectivity index (χ4n) is 3.75. The van der Waals surface area contributed by atoms with E-state index in [1.807, 2.05) is 6.07 Å². The number of carbonyl (C=O) groups is 2. The van der Waals surface area contributed by atoms with Crippen molar-refractivity contribution >= 4 is 17.8 Å². The minimum atomic E-state index is -4.76. The molecule has 1 saturated carbocycles. The molecule has 176 valence electrons. The fourth-order valence-corrected chi connectivity index (χ4v) is 3.75. The summed E-state index contributed by atoms with van der Waals surface area (Å²) in [5.41, 5.74) is 1.72. The molecule has 1 aromatic carbocycles. The molecule has 0 spiro atoms. The molecule has 1 saturated heterocycles. The maximum absolute atomic E-state index is 12.7. The maximum atomic E-state index is 12.7. The number of anilines is 1. The highest BCUT2D eigenvalue weighted by Crippen LogP contribution is 2.42. The van der Waals surface area contributed by atoms with Crippen molar-refractivity contribution in [2.24, 2.45) is 0 Å². The molecule has 4 rings (SSSR count). The van der Waals surface area contributed by atoms with E-state index in [-0.39, 0.29) is 42.6 Å². The van der Waals surface area contributed by atoms with E-state index in [1.54, 1.807) is 9.80 Å². The summed E-state index contributed by atoms with van der Waals surface area (Å²) in [4.78, 5) is 35.8. The van der Waals surface area contributed by atoms with Crippen LogP contribution in [0.1, 0.15) is 53.6 Å². The van der Waals surface area contributed by atoms with Gasteiger partial charge < -0.3 is 19.9 Å². The summed E-state index contributed by atoms with van der Waals surface area (Å²) in [5, 5.41) is 2.97. The summed E-state index contributed by atoms with van der Waals surface area (Å²) in [7, 11) is 0. The van der Waals surface area contributed by atoms with Crippen molar-refractivity contribution in [1.29, 1.82) is 0 Å². The average molecular weight is 463 g/mol. The zero-order chi connectivity index (χ0) is 23.6. The van der Waals surface area contributed by atoms with Crippen LogP contribution in [0.15, 0.2) is 30.6 Å². The molecule has 1 N–H and O–H groups in total. The van der Waals surface area contributed by atoms with Crippen LogP contribution in [-0.4, -0.2) is 57.7 Å². The van der Waals surface area contributed by atoms with Gasteiger partial charge in [0, 0.05) is 39.0 Å². The summed E-state index contributed by atoms with van der Waals surface area (Å²) in [6.45, 7) is 3.06. The first-order valence-corrected chi connectivity index (χ1v) is 10.7. The van der Waals surface area contributed by atoms with Crippen molar-refractivity contribution in [2.75, 3.05) is 25.1 Å². The molecule has 1 aliphatic heterocycles. The minimum Gasteiger partial charge on any atom is -0.406 e. The smallest absolute Gasteiger partial charge is 0.406 e. The number of hydrogen-bond acceptors (Lipinski definition) is 6. The van der Waals surface area contributed by atoms with E-state index in [2.05, 4.69) is 20.0 Å². The van der Waals surface area contributed by atoms with Gasteiger partial charge in [0.25, 0.3) is 5.91 Å². The molecule has 2 amide bonds. The van der Waals surface area contributed by atoms with Crippen molar-refractivity contribution in [3.05, 3.63) is 47.3 Å². The number of carbonyl (C=O) groups excluding carboxylic acids is 2. The molecule has 11 heteroatoms. The van der Waals surface area contributed by atoms with Crippen LogP contribution in [0.3, 0.4) is 0 Å². The monoisotopic (exact) mass is 463 g/mol. The quantitative estimate of drug-likeness (QED) is 0.706. The SMILES string of the molecule is CC(=O)N1CCCN(C(=O)c2cnc(NCc3cc(OC(F)(F)F)cc(C4CC4)c3)nc2)C1. The van der Waals surface area contributed by atoms with Crippen molar-refractivity contribution in [3.8, 4) is 5.75 Å². The van der Waals surface area contributed by atoms with Gasteiger partial charge in [0.2, 0.25) is 11.9 Å². The molecule has 2 fully saturated rings. The second-order valence-corrected chi connectivity index (χ2v) is 8.23. The number of hydrogen-bond donors (Lipinski definition) is 1. The Hall–Kier alpha value is -3.37.